The van der Waals surface area contributed by atoms with Crippen molar-refractivity contribution in [1.82, 2.24) is 0 Å². The predicted octanol–water partition coefficient (Wildman–Crippen LogP) is 5.02. The molecular weight excluding hydrogens is 276 g/mol. The van der Waals surface area contributed by atoms with Gasteiger partial charge in [-0.25, -0.2) is 0 Å². The van der Waals surface area contributed by atoms with Gasteiger partial charge < -0.3 is 9.90 Å². The van der Waals surface area contributed by atoms with Gasteiger partial charge in [0.15, 0.2) is 0 Å². The molecule has 0 spiro atoms. The average Bonchev–Trinajstić information content (AvgIpc) is 2.37. The zero-order valence-corrected chi connectivity index (χ0v) is 15.8. The van der Waals surface area contributed by atoms with Crippen LogP contribution >= 0.6 is 0 Å². The maximum absolute atomic E-state index is 13.4. The Kier molecular flexibility index (Phi) is 6.02. The molecule has 0 radical (unpaired) electrons. The number of aliphatic hydroxyl groups is 1. The van der Waals surface area contributed by atoms with E-state index in [1.165, 1.54) is 0 Å². The van der Waals surface area contributed by atoms with E-state index >= 15 is 0 Å². The SMILES string of the molecule is C=C(C(=O)[Si](C(C)C)(C(C)C)C(C)C)C1(O)CCCCC1. The molecule has 0 heterocycles. The second kappa shape index (κ2) is 6.78. The molecule has 1 rings (SSSR count). The fourth-order valence-electron chi connectivity index (χ4n) is 4.70. The van der Waals surface area contributed by atoms with Crippen LogP contribution in [0, 0.1) is 0 Å². The molecule has 0 bridgehead atoms. The standard InChI is InChI=1S/C18H34O2Si/c1-13(2)21(14(3)4,15(5)6)17(19)16(7)18(20)11-9-8-10-12-18/h13-15,20H,7-12H2,1-6H3. The molecule has 122 valence electrons. The molecule has 1 aliphatic carbocycles. The third-order valence-corrected chi connectivity index (χ3v) is 12.6. The fraction of sp³-hybridized carbons (Fsp3) is 0.833. The van der Waals surface area contributed by atoms with E-state index in [4.69, 9.17) is 0 Å². The van der Waals surface area contributed by atoms with Gasteiger partial charge >= 0.3 is 0 Å². The van der Waals surface area contributed by atoms with Crippen LogP contribution in [0.4, 0.5) is 0 Å². The van der Waals surface area contributed by atoms with Crippen LogP contribution in [0.5, 0.6) is 0 Å². The smallest absolute Gasteiger partial charge is 0.146 e. The van der Waals surface area contributed by atoms with E-state index in [0.29, 0.717) is 35.0 Å². The van der Waals surface area contributed by atoms with Crippen molar-refractivity contribution in [2.24, 2.45) is 0 Å². The lowest BCUT2D eigenvalue weighted by Crippen LogP contribution is -2.56. The van der Waals surface area contributed by atoms with Gasteiger partial charge in [0.25, 0.3) is 0 Å². The zero-order chi connectivity index (χ0) is 16.4. The number of hydrogen-bond donors (Lipinski definition) is 1. The van der Waals surface area contributed by atoms with Crippen LogP contribution in [-0.2, 0) is 4.79 Å². The van der Waals surface area contributed by atoms with Crippen LogP contribution in [0.2, 0.25) is 16.6 Å². The van der Waals surface area contributed by atoms with Crippen molar-refractivity contribution >= 4 is 13.5 Å². The first-order valence-corrected chi connectivity index (χ1v) is 10.8. The highest BCUT2D eigenvalue weighted by molar-refractivity contribution is 7.10. The van der Waals surface area contributed by atoms with Gasteiger partial charge in [-0.05, 0) is 29.5 Å². The molecule has 0 aromatic heterocycles. The summed E-state index contributed by atoms with van der Waals surface area (Å²) in [7, 11) is -2.22. The molecule has 3 heteroatoms. The first-order chi connectivity index (χ1) is 9.60. The number of hydrogen-bond acceptors (Lipinski definition) is 2. The molecule has 0 aromatic rings. The summed E-state index contributed by atoms with van der Waals surface area (Å²) in [5, 5.41) is 11.1. The monoisotopic (exact) mass is 310 g/mol. The first kappa shape index (κ1) is 18.6. The van der Waals surface area contributed by atoms with Gasteiger partial charge in [-0.1, -0.05) is 67.4 Å². The second-order valence-corrected chi connectivity index (χ2v) is 13.6. The third kappa shape index (κ3) is 3.19. The van der Waals surface area contributed by atoms with Crippen molar-refractivity contribution in [2.75, 3.05) is 0 Å². The van der Waals surface area contributed by atoms with E-state index in [0.717, 1.165) is 19.3 Å². The van der Waals surface area contributed by atoms with Crippen molar-refractivity contribution in [2.45, 2.75) is 95.9 Å². The van der Waals surface area contributed by atoms with E-state index in [2.05, 4.69) is 48.1 Å². The summed E-state index contributed by atoms with van der Waals surface area (Å²) in [6, 6.07) is 0. The zero-order valence-electron chi connectivity index (χ0n) is 14.8. The van der Waals surface area contributed by atoms with Crippen LogP contribution in [0.15, 0.2) is 12.2 Å². The second-order valence-electron chi connectivity index (χ2n) is 7.80. The average molecular weight is 311 g/mol. The predicted molar refractivity (Wildman–Crippen MR) is 93.2 cm³/mol. The molecule has 21 heavy (non-hydrogen) atoms. The highest BCUT2D eigenvalue weighted by atomic mass is 28.3. The van der Waals surface area contributed by atoms with Gasteiger partial charge in [0.1, 0.15) is 13.5 Å². The Morgan fingerprint density at radius 2 is 1.33 bits per heavy atom. The topological polar surface area (TPSA) is 37.3 Å². The minimum atomic E-state index is -2.22. The lowest BCUT2D eigenvalue weighted by atomic mass is 9.80. The normalized spacial score (nSPS) is 19.3. The molecule has 0 saturated heterocycles. The van der Waals surface area contributed by atoms with Crippen LogP contribution in [-0.4, -0.2) is 24.2 Å². The van der Waals surface area contributed by atoms with Crippen molar-refractivity contribution in [1.29, 1.82) is 0 Å². The van der Waals surface area contributed by atoms with E-state index in [-0.39, 0.29) is 5.41 Å². The Bertz CT molecular complexity index is 368. The number of carbonyl (C=O) groups excluding carboxylic acids is 1. The molecule has 0 atom stereocenters. The highest BCUT2D eigenvalue weighted by Gasteiger charge is 2.52. The van der Waals surface area contributed by atoms with Crippen LogP contribution < -0.4 is 0 Å². The van der Waals surface area contributed by atoms with Crippen molar-refractivity contribution in [3.05, 3.63) is 12.2 Å². The summed E-state index contributed by atoms with van der Waals surface area (Å²) in [5.41, 5.74) is 0.688. The van der Waals surface area contributed by atoms with Crippen LogP contribution in [0.3, 0.4) is 0 Å². The lowest BCUT2D eigenvalue weighted by molar-refractivity contribution is -0.112. The van der Waals surface area contributed by atoms with Gasteiger partial charge in [-0.3, -0.25) is 0 Å². The Balaban J connectivity index is 3.20. The highest BCUT2D eigenvalue weighted by Crippen LogP contribution is 2.46. The Hall–Kier alpha value is -0.413. The van der Waals surface area contributed by atoms with Gasteiger partial charge in [-0.15, -0.1) is 0 Å². The Labute approximate surface area is 132 Å². The maximum Gasteiger partial charge on any atom is 0.146 e. The summed E-state index contributed by atoms with van der Waals surface area (Å²) >= 11 is 0. The first-order valence-electron chi connectivity index (χ1n) is 8.57. The number of carbonyl (C=O) groups is 1. The van der Waals surface area contributed by atoms with E-state index in [1.807, 2.05) is 0 Å². The van der Waals surface area contributed by atoms with Crippen molar-refractivity contribution < 1.29 is 9.90 Å². The minimum absolute atomic E-state index is 0.229. The molecule has 0 amide bonds. The Morgan fingerprint density at radius 3 is 1.67 bits per heavy atom. The largest absolute Gasteiger partial charge is 0.385 e. The maximum atomic E-state index is 13.4. The van der Waals surface area contributed by atoms with E-state index < -0.39 is 13.7 Å². The van der Waals surface area contributed by atoms with Crippen molar-refractivity contribution in [3.63, 3.8) is 0 Å². The van der Waals surface area contributed by atoms with Crippen LogP contribution in [0.1, 0.15) is 73.6 Å². The fourth-order valence-corrected chi connectivity index (χ4v) is 11.0. The van der Waals surface area contributed by atoms with Crippen LogP contribution in [0.25, 0.3) is 0 Å². The molecule has 1 saturated carbocycles. The van der Waals surface area contributed by atoms with Gasteiger partial charge in [0.2, 0.25) is 0 Å². The molecule has 2 nitrogen and oxygen atoms in total. The van der Waals surface area contributed by atoms with E-state index in [9.17, 15) is 9.90 Å². The third-order valence-electron chi connectivity index (χ3n) is 5.78. The quantitative estimate of drug-likeness (QED) is 0.552. The molecule has 1 aliphatic rings. The van der Waals surface area contributed by atoms with Crippen molar-refractivity contribution in [3.8, 4) is 0 Å². The molecule has 0 unspecified atom stereocenters. The minimum Gasteiger partial charge on any atom is -0.385 e. The summed E-state index contributed by atoms with van der Waals surface area (Å²) in [4.78, 5) is 13.4. The summed E-state index contributed by atoms with van der Waals surface area (Å²) in [6.07, 6.45) is 4.57. The molecule has 1 fully saturated rings. The molecule has 1 N–H and O–H groups in total. The van der Waals surface area contributed by atoms with E-state index in [1.54, 1.807) is 0 Å². The number of rotatable bonds is 6. The lowest BCUT2D eigenvalue weighted by Gasteiger charge is -2.44. The summed E-state index contributed by atoms with van der Waals surface area (Å²) < 4.78 is 0. The summed E-state index contributed by atoms with van der Waals surface area (Å²) in [6.45, 7) is 17.2. The van der Waals surface area contributed by atoms with Gasteiger partial charge in [0.05, 0.1) is 5.60 Å². The molecule has 0 aromatic carbocycles. The van der Waals surface area contributed by atoms with Gasteiger partial charge in [-0.2, -0.15) is 0 Å². The van der Waals surface area contributed by atoms with Gasteiger partial charge in [0, 0.05) is 5.57 Å². The molecule has 0 aliphatic heterocycles. The molecular formula is C18H34O2Si. The summed E-state index contributed by atoms with van der Waals surface area (Å²) in [5.74, 6) is 0. The Morgan fingerprint density at radius 1 is 0.952 bits per heavy atom.